The van der Waals surface area contributed by atoms with Crippen molar-refractivity contribution >= 4 is 52.2 Å². The molecule has 0 spiro atoms. The summed E-state index contributed by atoms with van der Waals surface area (Å²) in [5.41, 5.74) is 10.5. The lowest BCUT2D eigenvalue weighted by Gasteiger charge is -2.37. The van der Waals surface area contributed by atoms with Gasteiger partial charge in [0.1, 0.15) is 22.7 Å². The number of hydrogen-bond acceptors (Lipinski definition) is 11. The van der Waals surface area contributed by atoms with Gasteiger partial charge < -0.3 is 26.8 Å². The Bertz CT molecular complexity index is 1840. The number of benzene rings is 1. The number of thioether (sulfide) groups is 1. The quantitative estimate of drug-likeness (QED) is 0.205. The maximum Gasteiger partial charge on any atom is 0.287 e. The van der Waals surface area contributed by atoms with E-state index in [1.807, 2.05) is 0 Å². The molecule has 1 aliphatic carbocycles. The fourth-order valence-corrected chi connectivity index (χ4v) is 9.30. The zero-order chi connectivity index (χ0) is 36.7. The molecule has 1 saturated carbocycles. The maximum atomic E-state index is 15.3. The highest BCUT2D eigenvalue weighted by Crippen LogP contribution is 2.41. The molecule has 3 aliphatic rings. The van der Waals surface area contributed by atoms with Gasteiger partial charge in [0.25, 0.3) is 5.91 Å². The summed E-state index contributed by atoms with van der Waals surface area (Å²) in [7, 11) is 1.72. The van der Waals surface area contributed by atoms with Crippen molar-refractivity contribution in [3.05, 3.63) is 35.2 Å². The van der Waals surface area contributed by atoms with Crippen molar-refractivity contribution in [2.75, 3.05) is 18.1 Å². The average molecular weight is 723 g/mol. The van der Waals surface area contributed by atoms with Gasteiger partial charge in [-0.2, -0.15) is 11.8 Å². The maximum absolute atomic E-state index is 15.3. The Hall–Kier alpha value is -4.38. The smallest absolute Gasteiger partial charge is 0.287 e. The minimum absolute atomic E-state index is 0.0134. The Morgan fingerprint density at radius 2 is 1.78 bits per heavy atom. The van der Waals surface area contributed by atoms with Gasteiger partial charge in [-0.1, -0.05) is 42.5 Å². The molecule has 3 fully saturated rings. The number of fused-ring (bicyclic) bond motifs is 1. The van der Waals surface area contributed by atoms with Crippen LogP contribution in [-0.2, 0) is 31.8 Å². The van der Waals surface area contributed by atoms with E-state index in [0.717, 1.165) is 32.1 Å². The van der Waals surface area contributed by atoms with Gasteiger partial charge in [0.05, 0.1) is 29.4 Å². The summed E-state index contributed by atoms with van der Waals surface area (Å²) in [4.78, 5) is 69.7. The van der Waals surface area contributed by atoms with E-state index in [2.05, 4.69) is 25.9 Å². The van der Waals surface area contributed by atoms with Gasteiger partial charge in [-0.3, -0.25) is 24.0 Å². The van der Waals surface area contributed by atoms with Crippen molar-refractivity contribution in [2.24, 2.45) is 24.4 Å². The van der Waals surface area contributed by atoms with E-state index in [-0.39, 0.29) is 37.3 Å². The Morgan fingerprint density at radius 3 is 2.43 bits per heavy atom. The second-order valence-corrected chi connectivity index (χ2v) is 15.9. The number of nitrogens with two attached hydrogens (primary N) is 2. The number of nitrogens with one attached hydrogen (secondary N) is 1. The topological polar surface area (TPSA) is 234 Å². The van der Waals surface area contributed by atoms with Crippen LogP contribution in [0.3, 0.4) is 0 Å². The highest BCUT2D eigenvalue weighted by molar-refractivity contribution is 7.99. The number of amides is 4. The highest BCUT2D eigenvalue weighted by Gasteiger charge is 2.49. The third kappa shape index (κ3) is 7.09. The van der Waals surface area contributed by atoms with E-state index >= 15 is 4.79 Å². The second-order valence-electron chi connectivity index (χ2n) is 14.7. The van der Waals surface area contributed by atoms with E-state index < -0.39 is 58.6 Å². The molecule has 17 heteroatoms. The van der Waals surface area contributed by atoms with Crippen LogP contribution >= 0.6 is 11.8 Å². The third-order valence-electron chi connectivity index (χ3n) is 10.8. The molecule has 6 N–H and O–H groups in total. The predicted octanol–water partition coefficient (Wildman–Crippen LogP) is 1.22. The molecule has 1 aromatic carbocycles. The Labute approximate surface area is 299 Å². The Balaban J connectivity index is 1.45. The largest absolute Gasteiger partial charge is 0.384 e. The number of rotatable bonds is 11. The fraction of sp³-hybridized carbons (Fsp3) is 0.618. The normalized spacial score (nSPS) is 21.8. The van der Waals surface area contributed by atoms with Crippen LogP contribution in [0, 0.1) is 5.92 Å². The van der Waals surface area contributed by atoms with Crippen LogP contribution in [0.5, 0.6) is 0 Å². The summed E-state index contributed by atoms with van der Waals surface area (Å²) in [6.45, 7) is 3.20. The molecular weight excluding hydrogens is 677 g/mol. The molecule has 6 rings (SSSR count). The number of likely N-dealkylation sites (tertiary alicyclic amines) is 1. The first kappa shape index (κ1) is 36.4. The van der Waals surface area contributed by atoms with Crippen LogP contribution in [0.15, 0.2) is 18.3 Å². The van der Waals surface area contributed by atoms with Gasteiger partial charge in [-0.05, 0) is 62.7 Å². The lowest BCUT2D eigenvalue weighted by atomic mass is 9.78. The molecule has 2 aromatic heterocycles. The van der Waals surface area contributed by atoms with Crippen LogP contribution in [0.2, 0.25) is 0 Å². The molecule has 274 valence electrons. The van der Waals surface area contributed by atoms with Crippen molar-refractivity contribution in [3.63, 3.8) is 0 Å². The predicted molar refractivity (Wildman–Crippen MR) is 187 cm³/mol. The van der Waals surface area contributed by atoms with E-state index in [1.165, 1.54) is 15.8 Å². The highest BCUT2D eigenvalue weighted by atomic mass is 32.2. The van der Waals surface area contributed by atoms with E-state index in [9.17, 15) is 24.3 Å². The Morgan fingerprint density at radius 1 is 1.08 bits per heavy atom. The van der Waals surface area contributed by atoms with E-state index in [4.69, 9.17) is 11.5 Å². The molecule has 3 atom stereocenters. The molecule has 2 aliphatic heterocycles. The minimum atomic E-state index is -1.50. The molecule has 0 bridgehead atoms. The van der Waals surface area contributed by atoms with Crippen molar-refractivity contribution in [2.45, 2.75) is 101 Å². The van der Waals surface area contributed by atoms with Crippen molar-refractivity contribution in [1.82, 2.24) is 40.2 Å². The van der Waals surface area contributed by atoms with Gasteiger partial charge in [0.2, 0.25) is 23.5 Å². The zero-order valence-corrected chi connectivity index (χ0v) is 30.0. The zero-order valence-electron chi connectivity index (χ0n) is 29.2. The number of carbonyl (C=O) groups excluding carboxylic acids is 5. The van der Waals surface area contributed by atoms with Crippen LogP contribution in [0.25, 0.3) is 11.0 Å². The summed E-state index contributed by atoms with van der Waals surface area (Å²) in [5, 5.41) is 30.7. The number of aryl methyl sites for hydroxylation is 1. The first-order valence-corrected chi connectivity index (χ1v) is 18.7. The van der Waals surface area contributed by atoms with Gasteiger partial charge >= 0.3 is 0 Å². The van der Waals surface area contributed by atoms with Gasteiger partial charge in [0.15, 0.2) is 0 Å². The summed E-state index contributed by atoms with van der Waals surface area (Å²) >= 11 is 1.60. The standard InChI is InChI=1S/C34H46N10O6S/c1-33(2,50)25-17-37-40-44(25)20-16-24(31(48)38-34(28(45)30(36)47)11-13-51-14-12-34)43(18-20)32(49)22(15-19-7-5-4-6-8-19)26-21(29(35)46)9-10-23-27(26)39-41-42(23)3/h9-10,17,19-20,22,24,50H,4-8,11-16,18H2,1-3H3,(H2,35,46)(H2,36,47)(H,38,48)/t20-,22+,24-/m0/s1. The lowest BCUT2D eigenvalue weighted by molar-refractivity contribution is -0.145. The molecule has 0 unspecified atom stereocenters. The molecule has 2 saturated heterocycles. The van der Waals surface area contributed by atoms with E-state index in [1.54, 1.807) is 49.5 Å². The number of Topliss-reactive ketones (excluding diaryl/α,β-unsaturated/α-hetero) is 1. The lowest BCUT2D eigenvalue weighted by Crippen LogP contribution is -2.62. The van der Waals surface area contributed by atoms with Gasteiger partial charge in [-0.25, -0.2) is 9.36 Å². The van der Waals surface area contributed by atoms with E-state index in [0.29, 0.717) is 40.2 Å². The summed E-state index contributed by atoms with van der Waals surface area (Å²) in [5.74, 6) is -3.44. The summed E-state index contributed by atoms with van der Waals surface area (Å²) in [6, 6.07) is 1.59. The van der Waals surface area contributed by atoms with Gasteiger partial charge in [-0.15, -0.1) is 10.2 Å². The number of hydrogen-bond donors (Lipinski definition) is 4. The van der Waals surface area contributed by atoms with Crippen LogP contribution < -0.4 is 16.8 Å². The first-order chi connectivity index (χ1) is 24.2. The molecule has 4 heterocycles. The fourth-order valence-electron chi connectivity index (χ4n) is 8.11. The third-order valence-corrected chi connectivity index (χ3v) is 11.8. The number of nitrogens with zero attached hydrogens (tertiary/aromatic N) is 7. The van der Waals surface area contributed by atoms with Crippen molar-refractivity contribution < 1.29 is 29.1 Å². The van der Waals surface area contributed by atoms with Gasteiger partial charge in [0, 0.05) is 31.1 Å². The number of primary amides is 2. The SMILES string of the molecule is Cn1nnc2c([C@@H](CC3CCCCC3)C(=O)N3C[C@@H](n4nncc4C(C)(C)O)C[C@H]3C(=O)NC3(C(=O)C(N)=O)CCSCC3)c(C(N)=O)ccc21. The van der Waals surface area contributed by atoms with Crippen LogP contribution in [-0.4, -0.2) is 99.0 Å². The first-order valence-electron chi connectivity index (χ1n) is 17.5. The number of aliphatic hydroxyl groups is 1. The summed E-state index contributed by atoms with van der Waals surface area (Å²) < 4.78 is 3.10. The van der Waals surface area contributed by atoms with Crippen LogP contribution in [0.1, 0.15) is 105 Å². The molecule has 3 aromatic rings. The molecule has 16 nitrogen and oxygen atoms in total. The van der Waals surface area contributed by atoms with Crippen LogP contribution in [0.4, 0.5) is 0 Å². The minimum Gasteiger partial charge on any atom is -0.384 e. The van der Waals surface area contributed by atoms with Crippen molar-refractivity contribution in [1.29, 1.82) is 0 Å². The second kappa shape index (κ2) is 14.3. The molecule has 4 amide bonds. The average Bonchev–Trinajstić information content (AvgIpc) is 3.86. The molecular formula is C34H46N10O6S. The number of carbonyl (C=O) groups is 5. The number of aromatic nitrogens is 6. The Kier molecular flexibility index (Phi) is 10.2. The molecule has 51 heavy (non-hydrogen) atoms. The monoisotopic (exact) mass is 722 g/mol. The number of ketones is 1. The molecule has 0 radical (unpaired) electrons. The van der Waals surface area contributed by atoms with Crippen molar-refractivity contribution in [3.8, 4) is 0 Å². The summed E-state index contributed by atoms with van der Waals surface area (Å²) in [6.07, 6.45) is 7.27.